The average Bonchev–Trinajstić information content (AvgIpc) is 4.09. The first-order valence-electron chi connectivity index (χ1n) is 19.8. The summed E-state index contributed by atoms with van der Waals surface area (Å²) in [7, 11) is 3.65. The van der Waals surface area contributed by atoms with E-state index in [1.54, 1.807) is 39.6 Å². The summed E-state index contributed by atoms with van der Waals surface area (Å²) in [5.41, 5.74) is 2.74. The number of nitrogens with zero attached hydrogens (tertiary/aromatic N) is 2. The lowest BCUT2D eigenvalue weighted by Gasteiger charge is -2.32. The first-order valence-corrected chi connectivity index (χ1v) is 20.7. The third-order valence-corrected chi connectivity index (χ3v) is 9.75. The third kappa shape index (κ3) is 21.8. The molecule has 2 aliphatic carbocycles. The van der Waals surface area contributed by atoms with Crippen molar-refractivity contribution in [3.63, 3.8) is 0 Å². The summed E-state index contributed by atoms with van der Waals surface area (Å²) in [6.07, 6.45) is 15.0. The van der Waals surface area contributed by atoms with E-state index >= 15 is 0 Å². The van der Waals surface area contributed by atoms with E-state index in [-0.39, 0.29) is 24.2 Å². The van der Waals surface area contributed by atoms with Crippen LogP contribution in [-0.2, 0) is 37.0 Å². The second kappa shape index (κ2) is 27.5. The van der Waals surface area contributed by atoms with Gasteiger partial charge in [0.15, 0.2) is 0 Å². The van der Waals surface area contributed by atoms with Gasteiger partial charge in [0.25, 0.3) is 12.4 Å². The quantitative estimate of drug-likeness (QED) is 0.0526. The number of carboxylic acid groups (broad SMARTS) is 1. The number of allylic oxidation sites excluding steroid dienone is 2. The molecule has 2 saturated carbocycles. The minimum Gasteiger partial charge on any atom is -0.483 e. The van der Waals surface area contributed by atoms with Crippen LogP contribution in [0.25, 0.3) is 0 Å². The molecule has 316 valence electrons. The maximum Gasteiger partial charge on any atom is 0.408 e. The maximum atomic E-state index is 13.3. The molecule has 0 spiro atoms. The molecule has 1 aromatic rings. The van der Waals surface area contributed by atoms with Gasteiger partial charge < -0.3 is 35.4 Å². The fourth-order valence-electron chi connectivity index (χ4n) is 5.64. The summed E-state index contributed by atoms with van der Waals surface area (Å²) >= 11 is 1.52. The van der Waals surface area contributed by atoms with Crippen LogP contribution in [-0.4, -0.2) is 102 Å². The SMILES string of the molecule is CCCN(C(=O)[C@H](CCCCC/C=C\C1CC1)NC(=O)OC(C)(C)C)C(C)C(=O)NC.CCNC(=O)c1ccc2c(c1)CN(C)C2.O=CNSC1CC1.O=CO. The molecule has 1 aliphatic heterocycles. The van der Waals surface area contributed by atoms with E-state index in [1.807, 2.05) is 26.0 Å². The smallest absolute Gasteiger partial charge is 0.408 e. The number of fused-ring (bicyclic) bond motifs is 1. The van der Waals surface area contributed by atoms with Crippen LogP contribution >= 0.6 is 11.9 Å². The van der Waals surface area contributed by atoms with Crippen molar-refractivity contribution in [1.82, 2.24) is 30.5 Å². The lowest BCUT2D eigenvalue weighted by atomic mass is 10.0. The number of rotatable bonds is 18. The summed E-state index contributed by atoms with van der Waals surface area (Å²) in [6, 6.07) is 4.65. The molecule has 1 unspecified atom stereocenters. The van der Waals surface area contributed by atoms with E-state index in [0.717, 1.165) is 68.3 Å². The van der Waals surface area contributed by atoms with E-state index in [1.165, 1.54) is 48.8 Å². The fourth-order valence-corrected chi connectivity index (χ4v) is 6.26. The van der Waals surface area contributed by atoms with Gasteiger partial charge in [-0.15, -0.1) is 0 Å². The van der Waals surface area contributed by atoms with Gasteiger partial charge in [-0.3, -0.25) is 28.9 Å². The van der Waals surface area contributed by atoms with E-state index in [9.17, 15) is 24.0 Å². The zero-order valence-electron chi connectivity index (χ0n) is 34.9. The molecule has 1 aromatic carbocycles. The molecule has 0 radical (unpaired) electrons. The van der Waals surface area contributed by atoms with Crippen LogP contribution in [0.2, 0.25) is 0 Å². The predicted molar refractivity (Wildman–Crippen MR) is 222 cm³/mol. The lowest BCUT2D eigenvalue weighted by molar-refractivity contribution is -0.141. The number of likely N-dealkylation sites (N-methyl/N-ethyl adjacent to an activating group) is 1. The van der Waals surface area contributed by atoms with Gasteiger partial charge in [-0.25, -0.2) is 4.79 Å². The third-order valence-electron chi connectivity index (χ3n) is 8.72. The van der Waals surface area contributed by atoms with Crippen molar-refractivity contribution < 1.29 is 38.6 Å². The summed E-state index contributed by atoms with van der Waals surface area (Å²) in [4.78, 5) is 71.2. The average molecular weight is 805 g/mol. The number of alkyl carbamates (subject to hydrolysis) is 1. The van der Waals surface area contributed by atoms with E-state index in [2.05, 4.69) is 50.8 Å². The Morgan fingerprint density at radius 3 is 2.25 bits per heavy atom. The maximum absolute atomic E-state index is 13.3. The number of hydrogen-bond acceptors (Lipinski definition) is 9. The van der Waals surface area contributed by atoms with Crippen molar-refractivity contribution in [2.45, 2.75) is 142 Å². The predicted octanol–water partition coefficient (Wildman–Crippen LogP) is 5.80. The van der Waals surface area contributed by atoms with E-state index in [0.29, 0.717) is 19.5 Å². The summed E-state index contributed by atoms with van der Waals surface area (Å²) < 4.78 is 7.91. The summed E-state index contributed by atoms with van der Waals surface area (Å²) in [6.45, 7) is 13.8. The molecule has 0 saturated heterocycles. The molecule has 4 rings (SSSR count). The molecule has 1 heterocycles. The van der Waals surface area contributed by atoms with Gasteiger partial charge in [0.05, 0.1) is 0 Å². The summed E-state index contributed by atoms with van der Waals surface area (Å²) in [5, 5.41) is 15.8. The van der Waals surface area contributed by atoms with Gasteiger partial charge in [0, 0.05) is 44.0 Å². The summed E-state index contributed by atoms with van der Waals surface area (Å²) in [5.74, 6) is 0.361. The number of benzene rings is 1. The highest BCUT2D eigenvalue weighted by Gasteiger charge is 2.32. The van der Waals surface area contributed by atoms with E-state index in [4.69, 9.17) is 14.6 Å². The van der Waals surface area contributed by atoms with Gasteiger partial charge >= 0.3 is 6.09 Å². The molecule has 15 heteroatoms. The zero-order valence-corrected chi connectivity index (χ0v) is 35.7. The normalized spacial score (nSPS) is 15.4. The number of amides is 5. The van der Waals surface area contributed by atoms with Crippen LogP contribution < -0.4 is 20.7 Å². The topological polar surface area (TPSA) is 186 Å². The van der Waals surface area contributed by atoms with Crippen LogP contribution in [0.5, 0.6) is 0 Å². The molecule has 5 N–H and O–H groups in total. The Hall–Kier alpha value is -4.11. The molecule has 2 fully saturated rings. The standard InChI is InChI=1S/C24H43N3O4.C12H16N2O.C4H7NOS.CH2O2/c1-7-17-27(18(2)21(28)25-6)22(29)20(26-23(30)31-24(3,4)5)14-12-10-8-9-11-13-19-15-16-19;1-3-13-12(15)9-4-5-10-7-14(2)8-11(10)6-9;6-3-5-7-4-1-2-4;2-1-3/h11,13,18-20H,7-10,12,14-17H2,1-6H3,(H,25,28)(H,26,30);4-6H,3,7-8H2,1-2H3,(H,13,15);3-4H,1-2H2,(H,5,6);1H,(H,2,3)/b13-11-;;;/t18?,20-;;;/m0.../s1. The Labute approximate surface area is 338 Å². The number of nitrogens with one attached hydrogen (secondary N) is 4. The number of ether oxygens (including phenoxy) is 1. The highest BCUT2D eigenvalue weighted by molar-refractivity contribution is 7.98. The molecular weight excluding hydrogens is 737 g/mol. The van der Waals surface area contributed by atoms with Gasteiger partial charge in [0.1, 0.15) is 17.7 Å². The van der Waals surface area contributed by atoms with Crippen LogP contribution in [0.1, 0.15) is 127 Å². The van der Waals surface area contributed by atoms with Crippen molar-refractivity contribution in [1.29, 1.82) is 0 Å². The van der Waals surface area contributed by atoms with Gasteiger partial charge in [0.2, 0.25) is 18.2 Å². The zero-order chi connectivity index (χ0) is 42.1. The Kier molecular flexibility index (Phi) is 24.5. The van der Waals surface area contributed by atoms with Gasteiger partial charge in [-0.05, 0) is 134 Å². The van der Waals surface area contributed by atoms with E-state index < -0.39 is 23.8 Å². The van der Waals surface area contributed by atoms with Crippen molar-refractivity contribution in [2.24, 2.45) is 5.92 Å². The van der Waals surface area contributed by atoms with Crippen molar-refractivity contribution in [3.05, 3.63) is 47.0 Å². The van der Waals surface area contributed by atoms with Crippen molar-refractivity contribution in [3.8, 4) is 0 Å². The van der Waals surface area contributed by atoms with Crippen LogP contribution in [0.15, 0.2) is 30.4 Å². The second-order valence-electron chi connectivity index (χ2n) is 15.1. The number of carbonyl (C=O) groups is 6. The molecule has 0 bridgehead atoms. The van der Waals surface area contributed by atoms with Gasteiger partial charge in [-0.2, -0.15) is 0 Å². The number of unbranched alkanes of at least 4 members (excludes halogenated alkanes) is 3. The molecular formula is C41H68N6O8S. The van der Waals surface area contributed by atoms with Crippen LogP contribution in [0, 0.1) is 5.92 Å². The van der Waals surface area contributed by atoms with Crippen molar-refractivity contribution >= 4 is 48.6 Å². The van der Waals surface area contributed by atoms with Crippen LogP contribution in [0.4, 0.5) is 4.79 Å². The Bertz CT molecular complexity index is 1400. The van der Waals surface area contributed by atoms with Crippen LogP contribution in [0.3, 0.4) is 0 Å². The Morgan fingerprint density at radius 2 is 1.70 bits per heavy atom. The fraction of sp³-hybridized carbons (Fsp3) is 0.659. The monoisotopic (exact) mass is 804 g/mol. The molecule has 3 aliphatic rings. The minimum absolute atomic E-state index is 0.0230. The molecule has 2 atom stereocenters. The van der Waals surface area contributed by atoms with Gasteiger partial charge in [-0.1, -0.05) is 38.0 Å². The Morgan fingerprint density at radius 1 is 1.04 bits per heavy atom. The largest absolute Gasteiger partial charge is 0.483 e. The first kappa shape index (κ1) is 49.9. The number of hydrogen-bond donors (Lipinski definition) is 5. The van der Waals surface area contributed by atoms with Crippen molar-refractivity contribution in [2.75, 3.05) is 27.2 Å². The highest BCUT2D eigenvalue weighted by Crippen LogP contribution is 2.31. The molecule has 0 aromatic heterocycles. The first-order chi connectivity index (χ1) is 26.6. The highest BCUT2D eigenvalue weighted by atomic mass is 32.2. The lowest BCUT2D eigenvalue weighted by Crippen LogP contribution is -2.55. The second-order valence-corrected chi connectivity index (χ2v) is 16.2. The Balaban J connectivity index is 0.000000507. The minimum atomic E-state index is -0.712. The molecule has 56 heavy (non-hydrogen) atoms. The number of carbonyl (C=O) groups excluding carboxylic acids is 5. The molecule has 14 nitrogen and oxygen atoms in total. The molecule has 5 amide bonds.